The molecule has 2 aliphatic heterocycles. The summed E-state index contributed by atoms with van der Waals surface area (Å²) in [5.41, 5.74) is 1.18. The van der Waals surface area contributed by atoms with Crippen LogP contribution in [0.2, 0.25) is 0 Å². The molecule has 7 heteroatoms. The number of furan rings is 1. The van der Waals surface area contributed by atoms with E-state index in [0.29, 0.717) is 18.9 Å². The van der Waals surface area contributed by atoms with Gasteiger partial charge in [-0.25, -0.2) is 0 Å². The molecule has 2 aromatic rings. The van der Waals surface area contributed by atoms with Crippen molar-refractivity contribution in [3.8, 4) is 0 Å². The first kappa shape index (κ1) is 18.7. The molecule has 0 radical (unpaired) electrons. The molecule has 0 unspecified atom stereocenters. The van der Waals surface area contributed by atoms with E-state index in [4.69, 9.17) is 9.15 Å². The van der Waals surface area contributed by atoms with Gasteiger partial charge in [-0.2, -0.15) is 0 Å². The Labute approximate surface area is 161 Å². The fourth-order valence-electron chi connectivity index (χ4n) is 3.80. The summed E-state index contributed by atoms with van der Waals surface area (Å²) in [6.45, 7) is 5.06. The summed E-state index contributed by atoms with van der Waals surface area (Å²) < 4.78 is 12.9. The number of likely N-dealkylation sites (tertiary alicyclic amines) is 1. The molecule has 25 heavy (non-hydrogen) atoms. The van der Waals surface area contributed by atoms with E-state index in [0.717, 1.165) is 46.9 Å². The van der Waals surface area contributed by atoms with E-state index >= 15 is 0 Å². The molecule has 1 aromatic carbocycles. The summed E-state index contributed by atoms with van der Waals surface area (Å²) in [5, 5.41) is 0.985. The van der Waals surface area contributed by atoms with Gasteiger partial charge in [-0.1, -0.05) is 15.9 Å². The fourth-order valence-corrected chi connectivity index (χ4v) is 4.14. The predicted octanol–water partition coefficient (Wildman–Crippen LogP) is 3.82. The SMILES string of the molecule is Cc1c(C(=O)N2CCOC23CCN(C)CC3)oc2cc(Br)ccc12.Cl. The topological polar surface area (TPSA) is 45.9 Å². The van der Waals surface area contributed by atoms with Gasteiger partial charge in [-0.05, 0) is 32.2 Å². The van der Waals surface area contributed by atoms with Gasteiger partial charge in [0.2, 0.25) is 0 Å². The molecule has 5 nitrogen and oxygen atoms in total. The standard InChI is InChI=1S/C18H21BrN2O3.ClH/c1-12-14-4-3-13(19)11-15(14)24-16(12)17(22)21-9-10-23-18(21)5-7-20(2)8-6-18;/h3-4,11H,5-10H2,1-2H3;1H. The van der Waals surface area contributed by atoms with Crippen molar-refractivity contribution in [2.24, 2.45) is 0 Å². The van der Waals surface area contributed by atoms with Crippen LogP contribution in [0.15, 0.2) is 27.1 Å². The van der Waals surface area contributed by atoms with E-state index in [1.54, 1.807) is 0 Å². The lowest BCUT2D eigenvalue weighted by Crippen LogP contribution is -2.54. The molecule has 3 heterocycles. The van der Waals surface area contributed by atoms with Crippen molar-refractivity contribution in [3.05, 3.63) is 34.0 Å². The Morgan fingerprint density at radius 1 is 1.24 bits per heavy atom. The maximum absolute atomic E-state index is 13.2. The third-order valence-electron chi connectivity index (χ3n) is 5.29. The molecule has 2 fully saturated rings. The van der Waals surface area contributed by atoms with E-state index < -0.39 is 5.72 Å². The predicted molar refractivity (Wildman–Crippen MR) is 102 cm³/mol. The molecule has 0 aliphatic carbocycles. The van der Waals surface area contributed by atoms with Crippen LogP contribution in [0.25, 0.3) is 11.0 Å². The number of piperidine rings is 1. The summed E-state index contributed by atoms with van der Waals surface area (Å²) in [6, 6.07) is 5.86. The zero-order valence-electron chi connectivity index (χ0n) is 14.4. The number of benzene rings is 1. The Kier molecular flexibility index (Phi) is 5.17. The largest absolute Gasteiger partial charge is 0.451 e. The number of carbonyl (C=O) groups excluding carboxylic acids is 1. The number of nitrogens with zero attached hydrogens (tertiary/aromatic N) is 2. The second-order valence-electron chi connectivity index (χ2n) is 6.75. The van der Waals surface area contributed by atoms with Crippen LogP contribution < -0.4 is 0 Å². The van der Waals surface area contributed by atoms with Gasteiger partial charge in [0.1, 0.15) is 11.3 Å². The number of aryl methyl sites for hydroxylation is 1. The molecule has 1 spiro atoms. The molecule has 4 rings (SSSR count). The Hall–Kier alpha value is -1.08. The van der Waals surface area contributed by atoms with Crippen molar-refractivity contribution in [3.63, 3.8) is 0 Å². The molecule has 0 N–H and O–H groups in total. The summed E-state index contributed by atoms with van der Waals surface area (Å²) >= 11 is 3.45. The number of hydrogen-bond donors (Lipinski definition) is 0. The molecule has 1 amide bonds. The number of rotatable bonds is 1. The van der Waals surface area contributed by atoms with Crippen LogP contribution in [0.3, 0.4) is 0 Å². The van der Waals surface area contributed by atoms with Crippen LogP contribution in [0, 0.1) is 6.92 Å². The van der Waals surface area contributed by atoms with Crippen LogP contribution in [0.4, 0.5) is 0 Å². The number of amides is 1. The van der Waals surface area contributed by atoms with Gasteiger partial charge in [0.25, 0.3) is 5.91 Å². The Balaban J connectivity index is 0.00000182. The van der Waals surface area contributed by atoms with E-state index in [1.807, 2.05) is 30.0 Å². The minimum Gasteiger partial charge on any atom is -0.451 e. The molecule has 136 valence electrons. The molecule has 2 saturated heterocycles. The van der Waals surface area contributed by atoms with Crippen molar-refractivity contribution in [2.45, 2.75) is 25.5 Å². The zero-order chi connectivity index (χ0) is 16.9. The highest BCUT2D eigenvalue weighted by Crippen LogP contribution is 2.37. The fraction of sp³-hybridized carbons (Fsp3) is 0.500. The van der Waals surface area contributed by atoms with Crippen molar-refractivity contribution in [2.75, 3.05) is 33.3 Å². The summed E-state index contributed by atoms with van der Waals surface area (Å²) in [4.78, 5) is 17.4. The van der Waals surface area contributed by atoms with Crippen molar-refractivity contribution < 1.29 is 13.9 Å². The van der Waals surface area contributed by atoms with E-state index in [2.05, 4.69) is 27.9 Å². The third kappa shape index (κ3) is 3.10. The maximum Gasteiger partial charge on any atom is 0.292 e. The minimum atomic E-state index is -0.463. The van der Waals surface area contributed by atoms with E-state index in [-0.39, 0.29) is 18.3 Å². The molecule has 2 aliphatic rings. The molecular formula is C18H22BrClN2O3. The lowest BCUT2D eigenvalue weighted by Gasteiger charge is -2.42. The second kappa shape index (κ2) is 6.91. The van der Waals surface area contributed by atoms with Crippen molar-refractivity contribution >= 4 is 45.2 Å². The lowest BCUT2D eigenvalue weighted by atomic mass is 9.98. The van der Waals surface area contributed by atoms with Gasteiger partial charge in [0.05, 0.1) is 6.61 Å². The normalized spacial score (nSPS) is 20.2. The first-order valence-corrected chi connectivity index (χ1v) is 9.13. The average molecular weight is 430 g/mol. The van der Waals surface area contributed by atoms with Gasteiger partial charge >= 0.3 is 0 Å². The molecule has 0 atom stereocenters. The Morgan fingerprint density at radius 3 is 2.68 bits per heavy atom. The molecule has 0 saturated carbocycles. The zero-order valence-corrected chi connectivity index (χ0v) is 16.8. The maximum atomic E-state index is 13.2. The van der Waals surface area contributed by atoms with Crippen LogP contribution in [-0.2, 0) is 4.74 Å². The summed E-state index contributed by atoms with van der Waals surface area (Å²) in [7, 11) is 2.11. The van der Waals surface area contributed by atoms with Gasteiger partial charge in [-0.15, -0.1) is 12.4 Å². The number of fused-ring (bicyclic) bond motifs is 1. The summed E-state index contributed by atoms with van der Waals surface area (Å²) in [6.07, 6.45) is 1.69. The first-order chi connectivity index (χ1) is 11.5. The highest BCUT2D eigenvalue weighted by atomic mass is 79.9. The number of ether oxygens (including phenoxy) is 1. The van der Waals surface area contributed by atoms with E-state index in [9.17, 15) is 4.79 Å². The highest BCUT2D eigenvalue weighted by Gasteiger charge is 2.47. The first-order valence-electron chi connectivity index (χ1n) is 8.33. The summed E-state index contributed by atoms with van der Waals surface area (Å²) in [5.74, 6) is 0.383. The van der Waals surface area contributed by atoms with Crippen molar-refractivity contribution in [1.82, 2.24) is 9.80 Å². The third-order valence-corrected chi connectivity index (χ3v) is 5.78. The van der Waals surface area contributed by atoms with Crippen LogP contribution in [0.5, 0.6) is 0 Å². The van der Waals surface area contributed by atoms with Crippen LogP contribution in [0.1, 0.15) is 29.0 Å². The monoisotopic (exact) mass is 428 g/mol. The van der Waals surface area contributed by atoms with Gasteiger partial charge in [0.15, 0.2) is 5.76 Å². The van der Waals surface area contributed by atoms with Crippen LogP contribution in [-0.4, -0.2) is 54.7 Å². The highest BCUT2D eigenvalue weighted by molar-refractivity contribution is 9.10. The quantitative estimate of drug-likeness (QED) is 0.691. The van der Waals surface area contributed by atoms with Crippen molar-refractivity contribution in [1.29, 1.82) is 0 Å². The number of carbonyl (C=O) groups is 1. The van der Waals surface area contributed by atoms with E-state index in [1.165, 1.54) is 0 Å². The molecule has 1 aromatic heterocycles. The second-order valence-corrected chi connectivity index (χ2v) is 7.67. The molecule has 0 bridgehead atoms. The lowest BCUT2D eigenvalue weighted by molar-refractivity contribution is -0.103. The minimum absolute atomic E-state index is 0. The van der Waals surface area contributed by atoms with Gasteiger partial charge < -0.3 is 19.0 Å². The number of hydrogen-bond acceptors (Lipinski definition) is 4. The number of halogens is 2. The molecular weight excluding hydrogens is 408 g/mol. The Bertz CT molecular complexity index is 799. The van der Waals surface area contributed by atoms with Crippen LogP contribution >= 0.6 is 28.3 Å². The average Bonchev–Trinajstić information content (AvgIpc) is 3.12. The van der Waals surface area contributed by atoms with Gasteiger partial charge in [0, 0.05) is 47.9 Å². The Morgan fingerprint density at radius 2 is 1.96 bits per heavy atom. The van der Waals surface area contributed by atoms with Gasteiger partial charge in [-0.3, -0.25) is 4.79 Å². The smallest absolute Gasteiger partial charge is 0.292 e.